The van der Waals surface area contributed by atoms with Crippen LogP contribution in [0.4, 0.5) is 0 Å². The van der Waals surface area contributed by atoms with Gasteiger partial charge in [0, 0.05) is 18.2 Å². The van der Waals surface area contributed by atoms with E-state index in [1.54, 1.807) is 0 Å². The number of aliphatic hydroxyl groups is 10. The average Bonchev–Trinajstić information content (AvgIpc) is 3.30. The molecule has 15 N–H and O–H groups in total. The molecule has 24 heteroatoms. The van der Waals surface area contributed by atoms with Crippen molar-refractivity contribution in [3.63, 3.8) is 0 Å². The maximum absolute atomic E-state index is 12.6. The molecular weight excluding hydrogens is 900 g/mol. The monoisotopic (exact) mass is 951 g/mol. The van der Waals surface area contributed by atoms with Crippen LogP contribution in [0.2, 0.25) is 0 Å². The van der Waals surface area contributed by atoms with E-state index in [1.807, 2.05) is 0 Å². The Morgan fingerprint density at radius 2 is 1.36 bits per heavy atom. The number of rotatable bonds is 13. The Balaban J connectivity index is 1.10. The van der Waals surface area contributed by atoms with Crippen LogP contribution in [0.1, 0.15) is 29.7 Å². The van der Waals surface area contributed by atoms with Crippen LogP contribution in [0, 0.1) is 0 Å². The molecular formula is C43H51O24+. The topological polar surface area (TPSA) is 387 Å². The molecule has 67 heavy (non-hydrogen) atoms. The Morgan fingerprint density at radius 3 is 2.03 bits per heavy atom. The summed E-state index contributed by atoms with van der Waals surface area (Å²) in [6.07, 6.45) is -23.4. The van der Waals surface area contributed by atoms with Gasteiger partial charge in [-0.2, -0.15) is 0 Å². The highest BCUT2D eigenvalue weighted by molar-refractivity contribution is 5.87. The SMILES string of the molecule is COc1cc(C2[OH+]c3cc(O)cc(O[C@@H]4O[C@H](CO)[C@@H](O)[C@H](O)[C@H]4O)c3C=C2O[C@@H]2O[C@H](CO[C@@H]3O[C@H](C)[C@H](OC(=O)/C=C/c4ccc(O)c(O)c4)[C@@H](O)[C@H]3O)[C@@H](O)[C@H](O)[C@H]2O)cc(O)c1O. The summed E-state index contributed by atoms with van der Waals surface area (Å²) in [5.41, 5.74) is 0.425. The van der Waals surface area contributed by atoms with E-state index in [0.29, 0.717) is 5.56 Å². The second-order valence-electron chi connectivity index (χ2n) is 16.0. The van der Waals surface area contributed by atoms with Crippen molar-refractivity contribution in [2.75, 3.05) is 20.3 Å². The van der Waals surface area contributed by atoms with Crippen LogP contribution in [0.5, 0.6) is 46.0 Å². The molecule has 3 aromatic rings. The highest BCUT2D eigenvalue weighted by Gasteiger charge is 2.50. The number of carbonyl (C=O) groups excluding carboxylic acids is 1. The van der Waals surface area contributed by atoms with E-state index in [4.69, 9.17) is 37.9 Å². The van der Waals surface area contributed by atoms with Crippen LogP contribution in [0.15, 0.2) is 54.3 Å². The van der Waals surface area contributed by atoms with Crippen molar-refractivity contribution in [1.29, 1.82) is 0 Å². The standard InChI is InChI=1S/C43H50O24/c1-15-39(67-29(49)6-4-16-3-5-20(46)21(47)7-16)35(55)38(58)41(61-15)60-14-28-32(52)34(54)37(57)43(66-28)64-26-12-19-23(62-40(26)17-8-22(48)30(50)25(9-17)59-2)10-18(45)11-24(19)63-42-36(56)33(53)31(51)27(13-44)65-42/h3-12,15,27-28,31-48,50-58H,13-14H2,1-2H3/p+1/b6-4+/t15-,27-,28-,31-,32-,33+,34+,35+,36-,37-,38-,39+,40?,41-,42-,43-/m1/s1. The maximum Gasteiger partial charge on any atom is 0.331 e. The highest BCUT2D eigenvalue weighted by Crippen LogP contribution is 2.49. The third kappa shape index (κ3) is 10.3. The number of benzene rings is 3. The van der Waals surface area contributed by atoms with Crippen LogP contribution in [-0.4, -0.2) is 195 Å². The predicted molar refractivity (Wildman–Crippen MR) is 220 cm³/mol. The maximum atomic E-state index is 12.6. The highest BCUT2D eigenvalue weighted by atomic mass is 16.7. The summed E-state index contributed by atoms with van der Waals surface area (Å²) in [6, 6.07) is 8.46. The number of phenolic OH excluding ortho intramolecular Hbond substituents is 5. The summed E-state index contributed by atoms with van der Waals surface area (Å²) in [6.45, 7) is -0.0572. The fourth-order valence-electron chi connectivity index (χ4n) is 7.69. The Morgan fingerprint density at radius 1 is 0.701 bits per heavy atom. The van der Waals surface area contributed by atoms with Crippen LogP contribution in [0.3, 0.4) is 0 Å². The van der Waals surface area contributed by atoms with E-state index in [9.17, 15) is 76.3 Å². The first-order chi connectivity index (χ1) is 31.8. The van der Waals surface area contributed by atoms with Crippen molar-refractivity contribution in [2.24, 2.45) is 0 Å². The number of ether oxygens (including phenoxy) is 9. The minimum Gasteiger partial charge on any atom is -0.571 e. The summed E-state index contributed by atoms with van der Waals surface area (Å²) in [5.74, 6) is -4.18. The quantitative estimate of drug-likeness (QED) is 0.0370. The lowest BCUT2D eigenvalue weighted by Crippen LogP contribution is -2.61. The Hall–Kier alpha value is -5.71. The average molecular weight is 952 g/mol. The second kappa shape index (κ2) is 20.3. The number of methoxy groups -OCH3 is 1. The molecule has 366 valence electrons. The lowest BCUT2D eigenvalue weighted by atomic mass is 9.97. The van der Waals surface area contributed by atoms with Crippen molar-refractivity contribution in [2.45, 2.75) is 105 Å². The van der Waals surface area contributed by atoms with Gasteiger partial charge in [0.2, 0.25) is 18.3 Å². The number of fused-ring (bicyclic) bond motifs is 1. The summed E-state index contributed by atoms with van der Waals surface area (Å²) >= 11 is 0. The van der Waals surface area contributed by atoms with Gasteiger partial charge in [-0.05, 0) is 42.8 Å². The molecule has 0 bridgehead atoms. The summed E-state index contributed by atoms with van der Waals surface area (Å²) in [7, 11) is 1.21. The molecule has 4 aliphatic rings. The van der Waals surface area contributed by atoms with E-state index in [2.05, 4.69) is 4.74 Å². The molecule has 7 rings (SSSR count). The van der Waals surface area contributed by atoms with Crippen molar-refractivity contribution in [3.8, 4) is 46.0 Å². The number of hydrogen-bond donors (Lipinski definition) is 14. The first-order valence-corrected chi connectivity index (χ1v) is 20.6. The van der Waals surface area contributed by atoms with Gasteiger partial charge < -0.3 is 114 Å². The number of aliphatic hydroxyl groups excluding tert-OH is 9. The van der Waals surface area contributed by atoms with E-state index >= 15 is 0 Å². The summed E-state index contributed by atoms with van der Waals surface area (Å²) < 4.78 is 49.9. The van der Waals surface area contributed by atoms with Gasteiger partial charge in [0.15, 0.2) is 41.2 Å². The van der Waals surface area contributed by atoms with Crippen molar-refractivity contribution in [1.82, 2.24) is 0 Å². The fraction of sp³-hybridized carbons (Fsp3) is 0.465. The number of phenols is 5. The molecule has 0 amide bonds. The van der Waals surface area contributed by atoms with Crippen LogP contribution in [-0.2, 0) is 33.2 Å². The predicted octanol–water partition coefficient (Wildman–Crippen LogP) is -2.33. The largest absolute Gasteiger partial charge is 0.571 e. The molecule has 4 aliphatic heterocycles. The Bertz CT molecular complexity index is 2300. The Labute approximate surface area is 379 Å². The molecule has 3 fully saturated rings. The molecule has 3 saturated heterocycles. The van der Waals surface area contributed by atoms with Crippen LogP contribution in [0.25, 0.3) is 12.2 Å². The normalized spacial score (nSPS) is 34.1. The van der Waals surface area contributed by atoms with Gasteiger partial charge in [-0.25, -0.2) is 4.79 Å². The lowest BCUT2D eigenvalue weighted by Gasteiger charge is -2.43. The van der Waals surface area contributed by atoms with E-state index in [0.717, 1.165) is 18.2 Å². The third-order valence-corrected chi connectivity index (χ3v) is 11.4. The molecule has 24 nitrogen and oxygen atoms in total. The molecule has 0 saturated carbocycles. The van der Waals surface area contributed by atoms with Crippen molar-refractivity contribution in [3.05, 3.63) is 71.0 Å². The minimum atomic E-state index is -2.00. The second-order valence-corrected chi connectivity index (χ2v) is 16.0. The molecule has 0 radical (unpaired) electrons. The lowest BCUT2D eigenvalue weighted by molar-refractivity contribution is -0.325. The molecule has 0 aromatic heterocycles. The summed E-state index contributed by atoms with van der Waals surface area (Å²) in [4.78, 5) is 12.6. The van der Waals surface area contributed by atoms with Gasteiger partial charge in [-0.3, -0.25) is 0 Å². The van der Waals surface area contributed by atoms with Crippen LogP contribution >= 0.6 is 0 Å². The zero-order valence-corrected chi connectivity index (χ0v) is 35.3. The van der Waals surface area contributed by atoms with Gasteiger partial charge in [0.05, 0.1) is 38.1 Å². The Kier molecular flexibility index (Phi) is 14.9. The van der Waals surface area contributed by atoms with Crippen molar-refractivity contribution >= 4 is 18.1 Å². The molecule has 4 heterocycles. The molecule has 16 atom stereocenters. The number of carbonyl (C=O) groups is 1. The zero-order chi connectivity index (χ0) is 48.6. The van der Waals surface area contributed by atoms with E-state index in [-0.39, 0.29) is 39.9 Å². The molecule has 0 spiro atoms. The number of hydrogen-bond acceptors (Lipinski definition) is 23. The fourth-order valence-corrected chi connectivity index (χ4v) is 7.69. The molecule has 0 aliphatic carbocycles. The van der Waals surface area contributed by atoms with Crippen LogP contribution < -0.4 is 9.47 Å². The third-order valence-electron chi connectivity index (χ3n) is 11.4. The first kappa shape index (κ1) is 49.2. The van der Waals surface area contributed by atoms with E-state index < -0.39 is 140 Å². The van der Waals surface area contributed by atoms with E-state index in [1.165, 1.54) is 56.5 Å². The number of esters is 1. The van der Waals surface area contributed by atoms with Gasteiger partial charge in [0.1, 0.15) is 78.1 Å². The van der Waals surface area contributed by atoms with Gasteiger partial charge >= 0.3 is 5.97 Å². The smallest absolute Gasteiger partial charge is 0.331 e. The van der Waals surface area contributed by atoms with Gasteiger partial charge in [-0.1, -0.05) is 6.07 Å². The van der Waals surface area contributed by atoms with Crippen molar-refractivity contribution < 1.29 is 119 Å². The number of aromatic hydroxyl groups is 6. The first-order valence-electron chi connectivity index (χ1n) is 20.6. The van der Waals surface area contributed by atoms with Gasteiger partial charge in [0.25, 0.3) is 11.9 Å². The summed E-state index contributed by atoms with van der Waals surface area (Å²) in [5, 5.41) is 147. The zero-order valence-electron chi connectivity index (χ0n) is 35.3. The van der Waals surface area contributed by atoms with Gasteiger partial charge in [-0.15, -0.1) is 0 Å². The molecule has 3 aromatic carbocycles. The minimum absolute atomic E-state index is 0.00971. The molecule has 1 unspecified atom stereocenters.